The summed E-state index contributed by atoms with van der Waals surface area (Å²) < 4.78 is 0. The molecule has 0 saturated carbocycles. The highest BCUT2D eigenvalue weighted by atomic mass is 35.5. The molecule has 1 aromatic carbocycles. The third kappa shape index (κ3) is 5.84. The van der Waals surface area contributed by atoms with Crippen LogP contribution in [-0.2, 0) is 17.8 Å². The summed E-state index contributed by atoms with van der Waals surface area (Å²) in [6, 6.07) is 5.57. The van der Waals surface area contributed by atoms with Gasteiger partial charge in [-0.2, -0.15) is 0 Å². The van der Waals surface area contributed by atoms with Crippen molar-refractivity contribution in [3.05, 3.63) is 50.8 Å². The number of halogens is 2. The van der Waals surface area contributed by atoms with Crippen molar-refractivity contribution in [1.82, 2.24) is 14.9 Å². The predicted octanol–water partition coefficient (Wildman–Crippen LogP) is 5.49. The molecule has 0 aliphatic carbocycles. The van der Waals surface area contributed by atoms with Crippen molar-refractivity contribution in [1.29, 1.82) is 0 Å². The number of aryl methyl sites for hydroxylation is 2. The summed E-state index contributed by atoms with van der Waals surface area (Å²) in [6.45, 7) is 8.49. The number of hydrogen-bond acceptors (Lipinski definition) is 4. The normalized spacial score (nSPS) is 11.1. The molecule has 0 radical (unpaired) electrons. The molecule has 0 aliphatic heterocycles. The molecule has 1 heterocycles. The molecular weight excluding hydrogens is 401 g/mol. The Labute approximate surface area is 175 Å². The minimum atomic E-state index is 0.0873. The molecule has 2 rings (SSSR count). The summed E-state index contributed by atoms with van der Waals surface area (Å²) in [7, 11) is 0. The van der Waals surface area contributed by atoms with Crippen LogP contribution in [0.5, 0.6) is 0 Å². The first-order valence-corrected chi connectivity index (χ1v) is 10.8. The summed E-state index contributed by atoms with van der Waals surface area (Å²) in [4.78, 5) is 23.7. The van der Waals surface area contributed by atoms with Gasteiger partial charge in [0.25, 0.3) is 0 Å². The predicted molar refractivity (Wildman–Crippen MR) is 114 cm³/mol. The van der Waals surface area contributed by atoms with Crippen LogP contribution in [0.1, 0.15) is 42.8 Å². The van der Waals surface area contributed by atoms with Crippen LogP contribution >= 0.6 is 35.0 Å². The maximum atomic E-state index is 12.9. The average molecular weight is 426 g/mol. The van der Waals surface area contributed by atoms with Crippen molar-refractivity contribution in [3.63, 3.8) is 0 Å². The molecule has 1 amide bonds. The van der Waals surface area contributed by atoms with Crippen LogP contribution in [0.15, 0.2) is 23.4 Å². The molecule has 0 atom stereocenters. The van der Waals surface area contributed by atoms with Gasteiger partial charge in [0.05, 0.1) is 10.0 Å². The first-order chi connectivity index (χ1) is 12.7. The SMILES string of the molecule is CSc1nc(C)c(CCC(=O)N(Cc2ccc(Cl)c(Cl)c2)C(C)C)c(C)n1. The zero-order chi connectivity index (χ0) is 20.1. The van der Waals surface area contributed by atoms with E-state index in [2.05, 4.69) is 9.97 Å². The minimum Gasteiger partial charge on any atom is -0.336 e. The molecule has 27 heavy (non-hydrogen) atoms. The molecule has 0 spiro atoms. The van der Waals surface area contributed by atoms with Crippen molar-refractivity contribution in [2.75, 3.05) is 6.26 Å². The Morgan fingerprint density at radius 2 is 1.78 bits per heavy atom. The molecule has 0 N–H and O–H groups in total. The highest BCUT2D eigenvalue weighted by Gasteiger charge is 2.19. The van der Waals surface area contributed by atoms with Crippen LogP contribution in [0, 0.1) is 13.8 Å². The molecule has 4 nitrogen and oxygen atoms in total. The Balaban J connectivity index is 2.10. The summed E-state index contributed by atoms with van der Waals surface area (Å²) in [5, 5.41) is 1.79. The second-order valence-electron chi connectivity index (χ2n) is 6.72. The van der Waals surface area contributed by atoms with Crippen molar-refractivity contribution >= 4 is 40.9 Å². The number of aromatic nitrogens is 2. The van der Waals surface area contributed by atoms with Gasteiger partial charge in [-0.15, -0.1) is 0 Å². The van der Waals surface area contributed by atoms with Gasteiger partial charge >= 0.3 is 0 Å². The van der Waals surface area contributed by atoms with Crippen LogP contribution in [0.4, 0.5) is 0 Å². The van der Waals surface area contributed by atoms with Gasteiger partial charge in [-0.25, -0.2) is 9.97 Å². The quantitative estimate of drug-likeness (QED) is 0.434. The molecule has 7 heteroatoms. The van der Waals surface area contributed by atoms with Gasteiger partial charge < -0.3 is 4.90 Å². The number of thioether (sulfide) groups is 1. The first kappa shape index (κ1) is 22.0. The van der Waals surface area contributed by atoms with Crippen molar-refractivity contribution in [2.45, 2.75) is 58.3 Å². The number of carbonyl (C=O) groups is 1. The van der Waals surface area contributed by atoms with Gasteiger partial charge in [-0.3, -0.25) is 4.79 Å². The fraction of sp³-hybridized carbons (Fsp3) is 0.450. The van der Waals surface area contributed by atoms with E-state index < -0.39 is 0 Å². The summed E-state index contributed by atoms with van der Waals surface area (Å²) >= 11 is 13.6. The second kappa shape index (κ2) is 9.76. The molecule has 146 valence electrons. The Morgan fingerprint density at radius 1 is 1.15 bits per heavy atom. The zero-order valence-electron chi connectivity index (χ0n) is 16.3. The van der Waals surface area contributed by atoms with Gasteiger partial charge in [0.1, 0.15) is 0 Å². The van der Waals surface area contributed by atoms with Gasteiger partial charge in [-0.1, -0.05) is 41.0 Å². The molecule has 0 unspecified atom stereocenters. The van der Waals surface area contributed by atoms with Crippen LogP contribution in [0.3, 0.4) is 0 Å². The third-order valence-electron chi connectivity index (χ3n) is 4.45. The lowest BCUT2D eigenvalue weighted by atomic mass is 10.1. The van der Waals surface area contributed by atoms with E-state index in [9.17, 15) is 4.79 Å². The Morgan fingerprint density at radius 3 is 2.30 bits per heavy atom. The van der Waals surface area contributed by atoms with Gasteiger partial charge in [0.15, 0.2) is 5.16 Å². The second-order valence-corrected chi connectivity index (χ2v) is 8.31. The lowest BCUT2D eigenvalue weighted by Crippen LogP contribution is -2.36. The van der Waals surface area contributed by atoms with Crippen LogP contribution in [-0.4, -0.2) is 33.1 Å². The summed E-state index contributed by atoms with van der Waals surface area (Å²) in [5.41, 5.74) is 3.91. The van der Waals surface area contributed by atoms with Gasteiger partial charge in [0, 0.05) is 30.4 Å². The standard InChI is InChI=1S/C20H25Cl2N3OS/c1-12(2)25(11-15-6-8-17(21)18(22)10-15)19(26)9-7-16-13(3)23-20(27-5)24-14(16)4/h6,8,10,12H,7,9,11H2,1-5H3. The highest BCUT2D eigenvalue weighted by molar-refractivity contribution is 7.98. The molecular formula is C20H25Cl2N3OS. The first-order valence-electron chi connectivity index (χ1n) is 8.84. The van der Waals surface area contributed by atoms with Crippen LogP contribution < -0.4 is 0 Å². The van der Waals surface area contributed by atoms with E-state index in [1.165, 1.54) is 11.8 Å². The van der Waals surface area contributed by atoms with Crippen LogP contribution in [0.25, 0.3) is 0 Å². The smallest absolute Gasteiger partial charge is 0.223 e. The molecule has 2 aromatic rings. The van der Waals surface area contributed by atoms with E-state index >= 15 is 0 Å². The zero-order valence-corrected chi connectivity index (χ0v) is 18.7. The van der Waals surface area contributed by atoms with E-state index in [0.29, 0.717) is 29.4 Å². The van der Waals surface area contributed by atoms with E-state index in [0.717, 1.165) is 27.7 Å². The van der Waals surface area contributed by atoms with Gasteiger partial charge in [-0.05, 0) is 63.6 Å². The molecule has 0 saturated heterocycles. The number of nitrogens with zero attached hydrogens (tertiary/aromatic N) is 3. The monoisotopic (exact) mass is 425 g/mol. The number of benzene rings is 1. The maximum Gasteiger partial charge on any atom is 0.223 e. The van der Waals surface area contributed by atoms with E-state index in [1.54, 1.807) is 6.07 Å². The summed E-state index contributed by atoms with van der Waals surface area (Å²) in [5.74, 6) is 0.101. The lowest BCUT2D eigenvalue weighted by molar-refractivity contribution is -0.133. The lowest BCUT2D eigenvalue weighted by Gasteiger charge is -2.27. The van der Waals surface area contributed by atoms with E-state index in [-0.39, 0.29) is 11.9 Å². The number of rotatable bonds is 7. The van der Waals surface area contributed by atoms with Crippen LogP contribution in [0.2, 0.25) is 10.0 Å². The number of hydrogen-bond donors (Lipinski definition) is 0. The van der Waals surface area contributed by atoms with Crippen molar-refractivity contribution in [3.8, 4) is 0 Å². The Bertz CT molecular complexity index is 804. The van der Waals surface area contributed by atoms with Crippen molar-refractivity contribution in [2.24, 2.45) is 0 Å². The fourth-order valence-electron chi connectivity index (χ4n) is 2.93. The molecule has 0 aliphatic rings. The Kier molecular flexibility index (Phi) is 7.95. The average Bonchev–Trinajstić information content (AvgIpc) is 2.61. The topological polar surface area (TPSA) is 46.1 Å². The number of carbonyl (C=O) groups excluding carboxylic acids is 1. The third-order valence-corrected chi connectivity index (χ3v) is 5.74. The van der Waals surface area contributed by atoms with Gasteiger partial charge in [0.2, 0.25) is 5.91 Å². The summed E-state index contributed by atoms with van der Waals surface area (Å²) in [6.07, 6.45) is 3.01. The largest absolute Gasteiger partial charge is 0.336 e. The maximum absolute atomic E-state index is 12.9. The number of amides is 1. The molecule has 1 aromatic heterocycles. The van der Waals surface area contributed by atoms with E-state index in [4.69, 9.17) is 23.2 Å². The molecule has 0 fully saturated rings. The highest BCUT2D eigenvalue weighted by Crippen LogP contribution is 2.24. The minimum absolute atomic E-state index is 0.0873. The van der Waals surface area contributed by atoms with Crippen molar-refractivity contribution < 1.29 is 4.79 Å². The fourth-order valence-corrected chi connectivity index (χ4v) is 3.71. The molecule has 0 bridgehead atoms. The Hall–Kier alpha value is -1.30. The van der Waals surface area contributed by atoms with E-state index in [1.807, 2.05) is 51.0 Å².